The van der Waals surface area contributed by atoms with Crippen LogP contribution in [0.25, 0.3) is 0 Å². The van der Waals surface area contributed by atoms with Gasteiger partial charge in [0.1, 0.15) is 17.2 Å². The van der Waals surface area contributed by atoms with E-state index in [0.717, 1.165) is 24.8 Å². The van der Waals surface area contributed by atoms with Gasteiger partial charge in [0.25, 0.3) is 0 Å². The summed E-state index contributed by atoms with van der Waals surface area (Å²) in [5.74, 6) is -0.709. The van der Waals surface area contributed by atoms with Crippen LogP contribution in [-0.2, 0) is 31.1 Å². The van der Waals surface area contributed by atoms with Crippen LogP contribution in [0.5, 0.6) is 0 Å². The number of rotatable bonds is 8. The zero-order valence-electron chi connectivity index (χ0n) is 24.9. The molecule has 9 heteroatoms. The maximum Gasteiger partial charge on any atom is 0.408 e. The molecule has 1 heterocycles. The van der Waals surface area contributed by atoms with E-state index < -0.39 is 29.2 Å². The van der Waals surface area contributed by atoms with E-state index in [0.29, 0.717) is 19.7 Å². The number of amides is 3. The Morgan fingerprint density at radius 1 is 1.00 bits per heavy atom. The number of carbonyl (C=O) groups is 3. The molecule has 2 aromatic carbocycles. The molecule has 0 aromatic heterocycles. The van der Waals surface area contributed by atoms with Crippen LogP contribution < -0.4 is 16.4 Å². The average molecular weight is 565 g/mol. The Hall–Kier alpha value is -3.43. The van der Waals surface area contributed by atoms with Crippen LogP contribution in [0.2, 0.25) is 0 Å². The molecular weight excluding hydrogens is 520 g/mol. The van der Waals surface area contributed by atoms with Gasteiger partial charge in [-0.05, 0) is 70.6 Å². The lowest BCUT2D eigenvalue weighted by Gasteiger charge is -2.41. The number of hydrogen-bond acceptors (Lipinski definition) is 6. The van der Waals surface area contributed by atoms with E-state index in [4.69, 9.17) is 15.2 Å². The number of nitrogens with zero attached hydrogens (tertiary/aromatic N) is 1. The monoisotopic (exact) mass is 564 g/mol. The van der Waals surface area contributed by atoms with Gasteiger partial charge in [0.05, 0.1) is 13.2 Å². The van der Waals surface area contributed by atoms with Crippen LogP contribution in [-0.4, -0.2) is 59.7 Å². The molecule has 4 N–H and O–H groups in total. The summed E-state index contributed by atoms with van der Waals surface area (Å²) in [4.78, 5) is 41.4. The van der Waals surface area contributed by atoms with E-state index in [-0.39, 0.29) is 24.0 Å². The van der Waals surface area contributed by atoms with Crippen molar-refractivity contribution in [1.82, 2.24) is 15.5 Å². The molecule has 4 rings (SSSR count). The minimum absolute atomic E-state index is 0.00264. The molecule has 2 atom stereocenters. The number of nitrogens with two attached hydrogens (primary N) is 1. The van der Waals surface area contributed by atoms with Gasteiger partial charge in [-0.3, -0.25) is 9.59 Å². The molecular formula is C32H44N4O5. The summed E-state index contributed by atoms with van der Waals surface area (Å²) in [7, 11) is 0. The maximum absolute atomic E-state index is 13.8. The second-order valence-corrected chi connectivity index (χ2v) is 12.8. The number of ether oxygens (including phenoxy) is 2. The van der Waals surface area contributed by atoms with Crippen molar-refractivity contribution in [2.75, 3.05) is 19.7 Å². The van der Waals surface area contributed by atoms with Crippen LogP contribution in [0.3, 0.4) is 0 Å². The highest BCUT2D eigenvalue weighted by Crippen LogP contribution is 2.49. The molecule has 1 spiro atoms. The molecule has 222 valence electrons. The van der Waals surface area contributed by atoms with Crippen molar-refractivity contribution >= 4 is 17.9 Å². The zero-order chi connectivity index (χ0) is 29.8. The summed E-state index contributed by atoms with van der Waals surface area (Å²) < 4.78 is 11.2. The molecule has 2 aromatic rings. The SMILES string of the molecule is CC(C)(C)OC(=O)NC(C)(C)C(=O)N[C@H](COCc1ccccc1)C(=O)N1CCC2(CC1)CC(N)c1ccccc12. The first-order valence-electron chi connectivity index (χ1n) is 14.4. The Kier molecular flexibility index (Phi) is 9.09. The number of benzene rings is 2. The van der Waals surface area contributed by atoms with Gasteiger partial charge in [-0.2, -0.15) is 0 Å². The van der Waals surface area contributed by atoms with Crippen molar-refractivity contribution < 1.29 is 23.9 Å². The van der Waals surface area contributed by atoms with E-state index in [1.807, 2.05) is 41.3 Å². The number of nitrogens with one attached hydrogen (secondary N) is 2. The summed E-state index contributed by atoms with van der Waals surface area (Å²) in [6.45, 7) is 9.81. The summed E-state index contributed by atoms with van der Waals surface area (Å²) in [5.41, 5.74) is 7.87. The van der Waals surface area contributed by atoms with Crippen molar-refractivity contribution in [1.29, 1.82) is 0 Å². The van der Waals surface area contributed by atoms with Gasteiger partial charge in [-0.1, -0.05) is 54.6 Å². The Morgan fingerprint density at radius 2 is 1.63 bits per heavy atom. The first-order valence-corrected chi connectivity index (χ1v) is 14.4. The molecule has 0 bridgehead atoms. The highest BCUT2D eigenvalue weighted by atomic mass is 16.6. The maximum atomic E-state index is 13.8. The van der Waals surface area contributed by atoms with Crippen LogP contribution in [0.1, 0.15) is 76.6 Å². The highest BCUT2D eigenvalue weighted by Gasteiger charge is 2.45. The fraction of sp³-hybridized carbons (Fsp3) is 0.531. The van der Waals surface area contributed by atoms with Gasteiger partial charge in [0.2, 0.25) is 11.8 Å². The quantitative estimate of drug-likeness (QED) is 0.446. The van der Waals surface area contributed by atoms with Crippen molar-refractivity contribution in [3.8, 4) is 0 Å². The number of hydrogen-bond donors (Lipinski definition) is 3. The molecule has 2 aliphatic rings. The van der Waals surface area contributed by atoms with Crippen molar-refractivity contribution in [2.45, 2.75) is 89.1 Å². The Bertz CT molecular complexity index is 1230. The molecule has 1 saturated heterocycles. The number of alkyl carbamates (subject to hydrolysis) is 1. The number of fused-ring (bicyclic) bond motifs is 2. The smallest absolute Gasteiger partial charge is 0.408 e. The average Bonchev–Trinajstić information content (AvgIpc) is 3.18. The summed E-state index contributed by atoms with van der Waals surface area (Å²) in [6.07, 6.45) is 1.78. The fourth-order valence-corrected chi connectivity index (χ4v) is 5.79. The molecule has 1 unspecified atom stereocenters. The predicted molar refractivity (Wildman–Crippen MR) is 157 cm³/mol. The lowest BCUT2D eigenvalue weighted by atomic mass is 9.73. The zero-order valence-corrected chi connectivity index (χ0v) is 24.9. The third kappa shape index (κ3) is 7.45. The summed E-state index contributed by atoms with van der Waals surface area (Å²) in [6, 6.07) is 17.1. The van der Waals surface area contributed by atoms with Gasteiger partial charge < -0.3 is 30.7 Å². The first-order chi connectivity index (χ1) is 19.3. The van der Waals surface area contributed by atoms with E-state index in [9.17, 15) is 14.4 Å². The largest absolute Gasteiger partial charge is 0.444 e. The van der Waals surface area contributed by atoms with Gasteiger partial charge in [-0.15, -0.1) is 0 Å². The van der Waals surface area contributed by atoms with Crippen molar-refractivity contribution in [3.63, 3.8) is 0 Å². The lowest BCUT2D eigenvalue weighted by Crippen LogP contribution is -2.61. The van der Waals surface area contributed by atoms with Crippen LogP contribution in [0.15, 0.2) is 54.6 Å². The second-order valence-electron chi connectivity index (χ2n) is 12.8. The summed E-state index contributed by atoms with van der Waals surface area (Å²) >= 11 is 0. The van der Waals surface area contributed by atoms with E-state index in [1.165, 1.54) is 11.1 Å². The van der Waals surface area contributed by atoms with Crippen molar-refractivity contribution in [2.24, 2.45) is 5.73 Å². The number of carbonyl (C=O) groups excluding carboxylic acids is 3. The third-order valence-corrected chi connectivity index (χ3v) is 7.96. The summed E-state index contributed by atoms with van der Waals surface area (Å²) in [5, 5.41) is 5.46. The van der Waals surface area contributed by atoms with Gasteiger partial charge in [-0.25, -0.2) is 4.79 Å². The number of piperidine rings is 1. The molecule has 41 heavy (non-hydrogen) atoms. The second kappa shape index (κ2) is 12.2. The molecule has 1 fully saturated rings. The van der Waals surface area contributed by atoms with E-state index in [1.54, 1.807) is 34.6 Å². The lowest BCUT2D eigenvalue weighted by molar-refractivity contribution is -0.141. The standard InChI is InChI=1S/C32H44N4O5/c1-30(2,3)41-29(39)35-31(4,5)28(38)34-26(21-40-20-22-11-7-6-8-12-22)27(37)36-17-15-32(16-18-36)19-25(33)23-13-9-10-14-24(23)32/h6-14,25-26H,15-21,33H2,1-5H3,(H,34,38)(H,35,39)/t25?,26-/m1/s1. The van der Waals surface area contributed by atoms with Crippen LogP contribution in [0, 0.1) is 0 Å². The van der Waals surface area contributed by atoms with E-state index in [2.05, 4.69) is 28.8 Å². The molecule has 0 saturated carbocycles. The minimum Gasteiger partial charge on any atom is -0.444 e. The molecule has 9 nitrogen and oxygen atoms in total. The highest BCUT2D eigenvalue weighted by molar-refractivity contribution is 5.93. The minimum atomic E-state index is -1.32. The molecule has 0 radical (unpaired) electrons. The van der Waals surface area contributed by atoms with Gasteiger partial charge in [0, 0.05) is 24.5 Å². The van der Waals surface area contributed by atoms with Crippen molar-refractivity contribution in [3.05, 3.63) is 71.3 Å². The molecule has 1 aliphatic heterocycles. The Labute approximate surface area is 243 Å². The van der Waals surface area contributed by atoms with Gasteiger partial charge in [0.15, 0.2) is 0 Å². The first kappa shape index (κ1) is 30.5. The molecule has 1 aliphatic carbocycles. The normalized spacial score (nSPS) is 18.9. The van der Waals surface area contributed by atoms with Crippen LogP contribution >= 0.6 is 0 Å². The Morgan fingerprint density at radius 3 is 2.29 bits per heavy atom. The predicted octanol–water partition coefficient (Wildman–Crippen LogP) is 3.96. The molecule has 3 amide bonds. The van der Waals surface area contributed by atoms with Crippen LogP contribution in [0.4, 0.5) is 4.79 Å². The van der Waals surface area contributed by atoms with Gasteiger partial charge >= 0.3 is 6.09 Å². The number of likely N-dealkylation sites (tertiary alicyclic amines) is 1. The topological polar surface area (TPSA) is 123 Å². The third-order valence-electron chi connectivity index (χ3n) is 7.96. The Balaban J connectivity index is 1.44. The van der Waals surface area contributed by atoms with E-state index >= 15 is 0 Å². The fourth-order valence-electron chi connectivity index (χ4n) is 5.79.